The highest BCUT2D eigenvalue weighted by molar-refractivity contribution is 5.98. The molecular weight excluding hydrogens is 278 g/mol. The summed E-state index contributed by atoms with van der Waals surface area (Å²) >= 11 is 0. The van der Waals surface area contributed by atoms with E-state index in [2.05, 4.69) is 10.3 Å². The third-order valence-electron chi connectivity index (χ3n) is 3.40. The normalized spacial score (nSPS) is 24.2. The van der Waals surface area contributed by atoms with Crippen LogP contribution >= 0.6 is 0 Å². The van der Waals surface area contributed by atoms with Crippen molar-refractivity contribution in [1.82, 2.24) is 4.98 Å². The highest BCUT2D eigenvalue weighted by atomic mass is 16.6. The van der Waals surface area contributed by atoms with Gasteiger partial charge in [-0.1, -0.05) is 0 Å². The molecular formula is C12H17N5O4. The van der Waals surface area contributed by atoms with Gasteiger partial charge in [0, 0.05) is 18.7 Å². The molecule has 1 aromatic rings. The number of hydrogen-bond acceptors (Lipinski definition) is 7. The fourth-order valence-electron chi connectivity index (χ4n) is 2.24. The number of nitro groups is 1. The Morgan fingerprint density at radius 2 is 2.38 bits per heavy atom. The second kappa shape index (κ2) is 6.02. The van der Waals surface area contributed by atoms with E-state index < -0.39 is 10.8 Å². The summed E-state index contributed by atoms with van der Waals surface area (Å²) in [6.45, 7) is 2.42. The third-order valence-corrected chi connectivity index (χ3v) is 3.40. The Kier molecular flexibility index (Phi) is 4.34. The first-order valence-corrected chi connectivity index (χ1v) is 6.52. The summed E-state index contributed by atoms with van der Waals surface area (Å²) in [6.07, 6.45) is 1.68. The molecule has 0 aromatic carbocycles. The number of primary amides is 1. The first-order chi connectivity index (χ1) is 9.93. The molecule has 5 N–H and O–H groups in total. The van der Waals surface area contributed by atoms with E-state index in [1.807, 2.05) is 6.92 Å². The number of ether oxygens (including phenoxy) is 1. The molecule has 0 bridgehead atoms. The van der Waals surface area contributed by atoms with Gasteiger partial charge in [0.15, 0.2) is 0 Å². The lowest BCUT2D eigenvalue weighted by molar-refractivity contribution is -0.385. The number of rotatable bonds is 6. The summed E-state index contributed by atoms with van der Waals surface area (Å²) in [7, 11) is 0. The highest BCUT2D eigenvalue weighted by Gasteiger charge is 2.40. The molecule has 0 spiro atoms. The maximum absolute atomic E-state index is 11.4. The lowest BCUT2D eigenvalue weighted by Gasteiger charge is -2.42. The summed E-state index contributed by atoms with van der Waals surface area (Å²) in [4.78, 5) is 25.4. The molecule has 1 saturated carbocycles. The van der Waals surface area contributed by atoms with Crippen LogP contribution in [-0.2, 0) is 4.74 Å². The standard InChI is InChI=1S/C12H17N5O4/c1-2-21-9-4-8(13)10(9)16-12-7(11(14)18)3-6(5-15-12)17(19)20/h3,5,8-10H,2,4,13H2,1H3,(H2,14,18)(H,15,16). The maximum atomic E-state index is 11.4. The first kappa shape index (κ1) is 15.1. The molecule has 21 heavy (non-hydrogen) atoms. The van der Waals surface area contributed by atoms with Crippen LogP contribution in [0, 0.1) is 10.1 Å². The van der Waals surface area contributed by atoms with Crippen molar-refractivity contribution in [3.63, 3.8) is 0 Å². The molecule has 0 radical (unpaired) electrons. The number of aromatic nitrogens is 1. The van der Waals surface area contributed by atoms with E-state index in [1.165, 1.54) is 0 Å². The van der Waals surface area contributed by atoms with Gasteiger partial charge in [0.1, 0.15) is 12.0 Å². The lowest BCUT2D eigenvalue weighted by Crippen LogP contribution is -2.60. The number of carbonyl (C=O) groups is 1. The Labute approximate surface area is 120 Å². The molecule has 1 aliphatic rings. The molecule has 3 atom stereocenters. The maximum Gasteiger partial charge on any atom is 0.288 e. The van der Waals surface area contributed by atoms with E-state index >= 15 is 0 Å². The van der Waals surface area contributed by atoms with Gasteiger partial charge >= 0.3 is 0 Å². The number of pyridine rings is 1. The molecule has 1 amide bonds. The Balaban J connectivity index is 2.23. The zero-order valence-electron chi connectivity index (χ0n) is 11.5. The Morgan fingerprint density at radius 1 is 1.67 bits per heavy atom. The smallest absolute Gasteiger partial charge is 0.288 e. The van der Waals surface area contributed by atoms with Crippen molar-refractivity contribution in [2.24, 2.45) is 11.5 Å². The molecule has 1 aliphatic carbocycles. The van der Waals surface area contributed by atoms with Crippen molar-refractivity contribution in [2.75, 3.05) is 11.9 Å². The van der Waals surface area contributed by atoms with Crippen LogP contribution in [-0.4, -0.2) is 40.6 Å². The largest absolute Gasteiger partial charge is 0.376 e. The average Bonchev–Trinajstić information content (AvgIpc) is 2.44. The fraction of sp³-hybridized carbons (Fsp3) is 0.500. The van der Waals surface area contributed by atoms with Crippen molar-refractivity contribution in [1.29, 1.82) is 0 Å². The molecule has 1 fully saturated rings. The molecule has 9 heteroatoms. The summed E-state index contributed by atoms with van der Waals surface area (Å²) in [5.74, 6) is -0.618. The van der Waals surface area contributed by atoms with Crippen LogP contribution in [0.2, 0.25) is 0 Å². The molecule has 1 heterocycles. The zero-order valence-corrected chi connectivity index (χ0v) is 11.5. The average molecular weight is 295 g/mol. The molecule has 1 aromatic heterocycles. The van der Waals surface area contributed by atoms with Crippen LogP contribution in [0.15, 0.2) is 12.3 Å². The van der Waals surface area contributed by atoms with Crippen LogP contribution < -0.4 is 16.8 Å². The van der Waals surface area contributed by atoms with Gasteiger partial charge < -0.3 is 21.5 Å². The fourth-order valence-corrected chi connectivity index (χ4v) is 2.24. The van der Waals surface area contributed by atoms with E-state index in [0.29, 0.717) is 13.0 Å². The minimum atomic E-state index is -0.797. The lowest BCUT2D eigenvalue weighted by atomic mass is 9.83. The van der Waals surface area contributed by atoms with Crippen LogP contribution in [0.4, 0.5) is 11.5 Å². The van der Waals surface area contributed by atoms with Crippen molar-refractivity contribution in [2.45, 2.75) is 31.5 Å². The van der Waals surface area contributed by atoms with Crippen LogP contribution in [0.3, 0.4) is 0 Å². The second-order valence-electron chi connectivity index (χ2n) is 4.77. The quantitative estimate of drug-likeness (QED) is 0.494. The predicted molar refractivity (Wildman–Crippen MR) is 74.8 cm³/mol. The van der Waals surface area contributed by atoms with Crippen molar-refractivity contribution in [3.8, 4) is 0 Å². The van der Waals surface area contributed by atoms with Crippen molar-refractivity contribution < 1.29 is 14.5 Å². The van der Waals surface area contributed by atoms with Crippen LogP contribution in [0.1, 0.15) is 23.7 Å². The zero-order chi connectivity index (χ0) is 15.6. The molecule has 114 valence electrons. The summed E-state index contributed by atoms with van der Waals surface area (Å²) in [5.41, 5.74) is 10.8. The number of carbonyl (C=O) groups excluding carboxylic acids is 1. The topological polar surface area (TPSA) is 146 Å². The summed E-state index contributed by atoms with van der Waals surface area (Å²) in [5, 5.41) is 13.7. The van der Waals surface area contributed by atoms with E-state index in [1.54, 1.807) is 0 Å². The highest BCUT2D eigenvalue weighted by Crippen LogP contribution is 2.28. The van der Waals surface area contributed by atoms with E-state index in [0.717, 1.165) is 12.3 Å². The van der Waals surface area contributed by atoms with Gasteiger partial charge in [0.2, 0.25) is 0 Å². The number of anilines is 1. The Morgan fingerprint density at radius 3 is 2.90 bits per heavy atom. The minimum Gasteiger partial charge on any atom is -0.376 e. The molecule has 2 rings (SSSR count). The molecule has 9 nitrogen and oxygen atoms in total. The molecule has 0 aliphatic heterocycles. The van der Waals surface area contributed by atoms with Gasteiger partial charge in [-0.05, 0) is 13.3 Å². The first-order valence-electron chi connectivity index (χ1n) is 6.52. The monoisotopic (exact) mass is 295 g/mol. The van der Waals surface area contributed by atoms with Gasteiger partial charge in [0.05, 0.1) is 22.6 Å². The predicted octanol–water partition coefficient (Wildman–Crippen LogP) is 0.00530. The number of amides is 1. The van der Waals surface area contributed by atoms with Crippen molar-refractivity contribution >= 4 is 17.4 Å². The Bertz CT molecular complexity index is 563. The van der Waals surface area contributed by atoms with Crippen LogP contribution in [0.25, 0.3) is 0 Å². The van der Waals surface area contributed by atoms with E-state index in [4.69, 9.17) is 16.2 Å². The number of nitrogens with one attached hydrogen (secondary N) is 1. The van der Waals surface area contributed by atoms with E-state index in [9.17, 15) is 14.9 Å². The van der Waals surface area contributed by atoms with E-state index in [-0.39, 0.29) is 35.3 Å². The Hall–Kier alpha value is -2.26. The molecule has 3 unspecified atom stereocenters. The number of nitrogens with zero attached hydrogens (tertiary/aromatic N) is 2. The van der Waals surface area contributed by atoms with Gasteiger partial charge in [-0.2, -0.15) is 0 Å². The number of nitrogens with two attached hydrogens (primary N) is 2. The van der Waals surface area contributed by atoms with Gasteiger partial charge in [-0.25, -0.2) is 4.98 Å². The third kappa shape index (κ3) is 3.09. The van der Waals surface area contributed by atoms with Gasteiger partial charge in [-0.3, -0.25) is 14.9 Å². The van der Waals surface area contributed by atoms with Gasteiger partial charge in [-0.15, -0.1) is 0 Å². The molecule has 0 saturated heterocycles. The minimum absolute atomic E-state index is 0.0430. The SMILES string of the molecule is CCOC1CC(N)C1Nc1ncc([N+](=O)[O-])cc1C(N)=O. The summed E-state index contributed by atoms with van der Waals surface area (Å²) < 4.78 is 5.50. The van der Waals surface area contributed by atoms with Crippen LogP contribution in [0.5, 0.6) is 0 Å². The summed E-state index contributed by atoms with van der Waals surface area (Å²) in [6, 6.07) is 0.744. The van der Waals surface area contributed by atoms with Gasteiger partial charge in [0.25, 0.3) is 11.6 Å². The number of hydrogen-bond donors (Lipinski definition) is 3. The second-order valence-corrected chi connectivity index (χ2v) is 4.77. The van der Waals surface area contributed by atoms with Crippen molar-refractivity contribution in [3.05, 3.63) is 27.9 Å².